The second-order valence-corrected chi connectivity index (χ2v) is 5.90. The zero-order chi connectivity index (χ0) is 14.1. The number of benzene rings is 1. The Labute approximate surface area is 133 Å². The van der Waals surface area contributed by atoms with Crippen LogP contribution >= 0.6 is 36.4 Å². The summed E-state index contributed by atoms with van der Waals surface area (Å²) in [5.41, 5.74) is 10.3. The molecule has 0 heterocycles. The van der Waals surface area contributed by atoms with Crippen molar-refractivity contribution in [2.75, 3.05) is 12.0 Å². The van der Waals surface area contributed by atoms with Crippen molar-refractivity contribution in [2.45, 2.75) is 4.90 Å². The van der Waals surface area contributed by atoms with E-state index in [9.17, 15) is 13.2 Å². The maximum atomic E-state index is 11.6. The molecule has 0 aliphatic rings. The number of sulfone groups is 1. The number of rotatable bonds is 2. The molecule has 0 aliphatic heterocycles. The Hall–Kier alpha value is -1.22. The summed E-state index contributed by atoms with van der Waals surface area (Å²) in [5, 5.41) is 8.87. The van der Waals surface area contributed by atoms with E-state index in [0.29, 0.717) is 0 Å². The molecule has 20 heavy (non-hydrogen) atoms. The number of halogens is 3. The first-order valence-corrected chi connectivity index (χ1v) is 6.84. The second kappa shape index (κ2) is 7.53. The van der Waals surface area contributed by atoms with Crippen LogP contribution in [0.1, 0.15) is 10.4 Å². The molecular formula is C9H13Cl3N4O3S. The van der Waals surface area contributed by atoms with Crippen molar-refractivity contribution in [3.8, 4) is 0 Å². The molecule has 1 rings (SSSR count). The third-order valence-corrected chi connectivity index (χ3v) is 3.45. The molecule has 0 spiro atoms. The van der Waals surface area contributed by atoms with Crippen LogP contribution in [-0.2, 0) is 9.84 Å². The number of nitrogens with two attached hydrogens (primary N) is 2. The van der Waals surface area contributed by atoms with Gasteiger partial charge < -0.3 is 11.5 Å². The third-order valence-electron chi connectivity index (χ3n) is 2.00. The summed E-state index contributed by atoms with van der Waals surface area (Å²) in [6.45, 7) is 0. The molecule has 1 amide bonds. The molecule has 0 saturated carbocycles. The number of carbonyl (C=O) groups excluding carboxylic acids is 1. The van der Waals surface area contributed by atoms with Gasteiger partial charge in [0.1, 0.15) is 0 Å². The Bertz CT molecular complexity index is 634. The number of nitrogens with one attached hydrogen (secondary N) is 2. The molecule has 114 valence electrons. The lowest BCUT2D eigenvalue weighted by Crippen LogP contribution is -2.35. The molecule has 7 nitrogen and oxygen atoms in total. The molecule has 11 heteroatoms. The minimum Gasteiger partial charge on any atom is -0.396 e. The largest absolute Gasteiger partial charge is 0.396 e. The number of hydrogen-bond donors (Lipinski definition) is 4. The summed E-state index contributed by atoms with van der Waals surface area (Å²) >= 11 is 5.75. The number of nitrogen functional groups attached to an aromatic ring is 1. The van der Waals surface area contributed by atoms with Gasteiger partial charge in [-0.05, 0) is 12.1 Å². The van der Waals surface area contributed by atoms with Gasteiger partial charge in [0, 0.05) is 11.8 Å². The van der Waals surface area contributed by atoms with E-state index in [1.165, 1.54) is 6.07 Å². The molecule has 1 aromatic rings. The van der Waals surface area contributed by atoms with Crippen molar-refractivity contribution in [1.29, 1.82) is 5.41 Å². The van der Waals surface area contributed by atoms with Gasteiger partial charge in [0.05, 0.1) is 15.6 Å². The van der Waals surface area contributed by atoms with Crippen molar-refractivity contribution in [2.24, 2.45) is 5.73 Å². The SMILES string of the molecule is CS(=O)(=O)c1cc(C(=O)NC(=N)N)cc(Cl)c1N.Cl.Cl. The van der Waals surface area contributed by atoms with Crippen LogP contribution in [0.25, 0.3) is 0 Å². The fraction of sp³-hybridized carbons (Fsp3) is 0.111. The molecule has 0 fully saturated rings. The Balaban J connectivity index is 0. The van der Waals surface area contributed by atoms with Gasteiger partial charge in [-0.1, -0.05) is 11.6 Å². The first kappa shape index (κ1) is 21.1. The van der Waals surface area contributed by atoms with Crippen LogP contribution in [-0.4, -0.2) is 26.5 Å². The van der Waals surface area contributed by atoms with Crippen molar-refractivity contribution in [3.05, 3.63) is 22.7 Å². The molecule has 0 bridgehead atoms. The van der Waals surface area contributed by atoms with Gasteiger partial charge in [0.15, 0.2) is 15.8 Å². The van der Waals surface area contributed by atoms with Crippen LogP contribution in [0.3, 0.4) is 0 Å². The van der Waals surface area contributed by atoms with Gasteiger partial charge >= 0.3 is 0 Å². The lowest BCUT2D eigenvalue weighted by Gasteiger charge is -2.09. The first-order valence-electron chi connectivity index (χ1n) is 4.57. The smallest absolute Gasteiger partial charge is 0.258 e. The highest BCUT2D eigenvalue weighted by Gasteiger charge is 2.18. The highest BCUT2D eigenvalue weighted by Crippen LogP contribution is 2.28. The maximum Gasteiger partial charge on any atom is 0.258 e. The molecule has 0 saturated heterocycles. The number of anilines is 1. The summed E-state index contributed by atoms with van der Waals surface area (Å²) in [7, 11) is -3.61. The molecule has 0 atom stereocenters. The minimum absolute atomic E-state index is 0. The number of carbonyl (C=O) groups is 1. The monoisotopic (exact) mass is 362 g/mol. The van der Waals surface area contributed by atoms with E-state index in [2.05, 4.69) is 0 Å². The topological polar surface area (TPSA) is 139 Å². The standard InChI is InChI=1S/C9H11ClN4O3S.2ClH/c1-18(16,17)6-3-4(2-5(10)7(6)11)8(15)14-9(12)13;;/h2-3H,11H2,1H3,(H4,12,13,14,15);2*1H. The van der Waals surface area contributed by atoms with E-state index in [1.807, 2.05) is 5.32 Å². The third kappa shape index (κ3) is 5.04. The minimum atomic E-state index is -3.61. The quantitative estimate of drug-likeness (QED) is 0.349. The molecule has 6 N–H and O–H groups in total. The molecule has 0 aromatic heterocycles. The Morgan fingerprint density at radius 3 is 2.25 bits per heavy atom. The van der Waals surface area contributed by atoms with Gasteiger partial charge in [-0.3, -0.25) is 15.5 Å². The highest BCUT2D eigenvalue weighted by molar-refractivity contribution is 7.90. The average molecular weight is 364 g/mol. The fourth-order valence-corrected chi connectivity index (χ4v) is 2.35. The zero-order valence-corrected chi connectivity index (χ0v) is 13.3. The van der Waals surface area contributed by atoms with Gasteiger partial charge in [0.25, 0.3) is 5.91 Å². The van der Waals surface area contributed by atoms with Crippen molar-refractivity contribution < 1.29 is 13.2 Å². The van der Waals surface area contributed by atoms with Crippen molar-refractivity contribution in [3.63, 3.8) is 0 Å². The van der Waals surface area contributed by atoms with Gasteiger partial charge in [0.2, 0.25) is 0 Å². The summed E-state index contributed by atoms with van der Waals surface area (Å²) in [6.07, 6.45) is 0.946. The van der Waals surface area contributed by atoms with Crippen LogP contribution < -0.4 is 16.8 Å². The Morgan fingerprint density at radius 2 is 1.85 bits per heavy atom. The molecule has 1 aromatic carbocycles. The second-order valence-electron chi connectivity index (χ2n) is 3.51. The summed E-state index contributed by atoms with van der Waals surface area (Å²) in [5.74, 6) is -1.30. The van der Waals surface area contributed by atoms with Crippen molar-refractivity contribution in [1.82, 2.24) is 5.32 Å². The zero-order valence-electron chi connectivity index (χ0n) is 10.1. The lowest BCUT2D eigenvalue weighted by atomic mass is 10.2. The van der Waals surface area contributed by atoms with E-state index < -0.39 is 21.7 Å². The van der Waals surface area contributed by atoms with E-state index in [4.69, 9.17) is 28.5 Å². The predicted molar refractivity (Wildman–Crippen MR) is 82.9 cm³/mol. The highest BCUT2D eigenvalue weighted by atomic mass is 35.5. The van der Waals surface area contributed by atoms with E-state index in [-0.39, 0.29) is 46.0 Å². The van der Waals surface area contributed by atoms with E-state index in [0.717, 1.165) is 12.3 Å². The fourth-order valence-electron chi connectivity index (χ4n) is 1.22. The van der Waals surface area contributed by atoms with Gasteiger partial charge in [-0.2, -0.15) is 0 Å². The maximum absolute atomic E-state index is 11.6. The van der Waals surface area contributed by atoms with Crippen LogP contribution in [0.4, 0.5) is 5.69 Å². The summed E-state index contributed by atoms with van der Waals surface area (Å²) in [4.78, 5) is 11.3. The lowest BCUT2D eigenvalue weighted by molar-refractivity contribution is 0.0976. The number of hydrogen-bond acceptors (Lipinski definition) is 5. The number of amides is 1. The van der Waals surface area contributed by atoms with Gasteiger partial charge in [-0.25, -0.2) is 8.42 Å². The van der Waals surface area contributed by atoms with Crippen LogP contribution in [0.5, 0.6) is 0 Å². The summed E-state index contributed by atoms with van der Waals surface area (Å²) in [6, 6.07) is 2.28. The molecule has 0 unspecified atom stereocenters. The normalized spacial score (nSPS) is 9.90. The average Bonchev–Trinajstić information content (AvgIpc) is 2.18. The Kier molecular flexibility index (Phi) is 7.94. The predicted octanol–water partition coefficient (Wildman–Crippen LogP) is 0.793. The number of guanidine groups is 1. The summed E-state index contributed by atoms with van der Waals surface area (Å²) < 4.78 is 22.9. The van der Waals surface area contributed by atoms with Gasteiger partial charge in [-0.15, -0.1) is 24.8 Å². The van der Waals surface area contributed by atoms with E-state index >= 15 is 0 Å². The van der Waals surface area contributed by atoms with Crippen molar-refractivity contribution >= 4 is 63.8 Å². The van der Waals surface area contributed by atoms with E-state index in [1.54, 1.807) is 0 Å². The van der Waals surface area contributed by atoms with Crippen LogP contribution in [0.2, 0.25) is 5.02 Å². The van der Waals surface area contributed by atoms with Crippen LogP contribution in [0, 0.1) is 5.41 Å². The molecule has 0 radical (unpaired) electrons. The molecular weight excluding hydrogens is 351 g/mol. The Morgan fingerprint density at radius 1 is 1.35 bits per heavy atom. The first-order chi connectivity index (χ1) is 8.12. The van der Waals surface area contributed by atoms with Crippen LogP contribution in [0.15, 0.2) is 17.0 Å². The molecule has 0 aliphatic carbocycles.